The molecule has 1 aliphatic heterocycles. The second-order valence-electron chi connectivity index (χ2n) is 5.05. The molecule has 18 heavy (non-hydrogen) atoms. The summed E-state index contributed by atoms with van der Waals surface area (Å²) in [4.78, 5) is 2.53. The quantitative estimate of drug-likeness (QED) is 0.570. The number of ether oxygens (including phenoxy) is 2. The van der Waals surface area contributed by atoms with Crippen LogP contribution in [-0.4, -0.2) is 64.1 Å². The van der Waals surface area contributed by atoms with Crippen molar-refractivity contribution in [3.8, 4) is 0 Å². The van der Waals surface area contributed by atoms with Crippen LogP contribution in [0, 0.1) is 0 Å². The summed E-state index contributed by atoms with van der Waals surface area (Å²) >= 11 is 0. The van der Waals surface area contributed by atoms with Crippen molar-refractivity contribution in [1.29, 1.82) is 0 Å². The fraction of sp³-hybridized carbons (Fsp3) is 1.00. The molecule has 0 aromatic carbocycles. The minimum Gasteiger partial charge on any atom is -0.385 e. The van der Waals surface area contributed by atoms with Crippen LogP contribution in [0.5, 0.6) is 0 Å². The van der Waals surface area contributed by atoms with Gasteiger partial charge in [-0.25, -0.2) is 0 Å². The monoisotopic (exact) mass is 258 g/mol. The van der Waals surface area contributed by atoms with E-state index < -0.39 is 0 Å². The van der Waals surface area contributed by atoms with E-state index in [-0.39, 0.29) is 0 Å². The third-order valence-electron chi connectivity index (χ3n) is 3.37. The molecule has 1 heterocycles. The summed E-state index contributed by atoms with van der Waals surface area (Å²) < 4.78 is 10.6. The summed E-state index contributed by atoms with van der Waals surface area (Å²) in [5.74, 6) is 0. The lowest BCUT2D eigenvalue weighted by atomic mass is 10.2. The molecule has 1 fully saturated rings. The fourth-order valence-corrected chi connectivity index (χ4v) is 2.44. The Bertz CT molecular complexity index is 185. The normalized spacial score (nSPS) is 19.8. The first-order valence-corrected chi connectivity index (χ1v) is 7.39. The van der Waals surface area contributed by atoms with Crippen molar-refractivity contribution in [3.05, 3.63) is 0 Å². The largest absolute Gasteiger partial charge is 0.385 e. The summed E-state index contributed by atoms with van der Waals surface area (Å²) in [6.45, 7) is 9.30. The third kappa shape index (κ3) is 7.31. The maximum absolute atomic E-state index is 5.63. The Labute approximate surface area is 112 Å². The smallest absolute Gasteiger partial charge is 0.0593 e. The molecular formula is C14H30N2O2. The van der Waals surface area contributed by atoms with E-state index in [1.54, 1.807) is 7.11 Å². The summed E-state index contributed by atoms with van der Waals surface area (Å²) in [5, 5.41) is 3.56. The molecular weight excluding hydrogens is 228 g/mol. The molecule has 1 unspecified atom stereocenters. The van der Waals surface area contributed by atoms with Crippen LogP contribution in [0.3, 0.4) is 0 Å². The van der Waals surface area contributed by atoms with E-state index in [2.05, 4.69) is 17.1 Å². The lowest BCUT2D eigenvalue weighted by Crippen LogP contribution is -2.39. The van der Waals surface area contributed by atoms with Gasteiger partial charge in [-0.15, -0.1) is 0 Å². The molecule has 0 aromatic rings. The van der Waals surface area contributed by atoms with Gasteiger partial charge in [-0.05, 0) is 38.8 Å². The minimum atomic E-state index is 0.699. The van der Waals surface area contributed by atoms with Gasteiger partial charge < -0.3 is 14.8 Å². The van der Waals surface area contributed by atoms with Gasteiger partial charge in [-0.2, -0.15) is 0 Å². The molecule has 0 aliphatic carbocycles. The standard InChI is InChI=1S/C14H30N2O2/c1-3-8-16(13-14-6-4-7-15-14)9-12-18-11-5-10-17-2/h14-15H,3-13H2,1-2H3. The molecule has 0 saturated carbocycles. The first-order chi connectivity index (χ1) is 8.86. The van der Waals surface area contributed by atoms with Crippen LogP contribution >= 0.6 is 0 Å². The van der Waals surface area contributed by atoms with E-state index in [4.69, 9.17) is 9.47 Å². The molecule has 1 atom stereocenters. The van der Waals surface area contributed by atoms with Gasteiger partial charge in [0.2, 0.25) is 0 Å². The van der Waals surface area contributed by atoms with Crippen molar-refractivity contribution >= 4 is 0 Å². The maximum Gasteiger partial charge on any atom is 0.0593 e. The molecule has 1 saturated heterocycles. The van der Waals surface area contributed by atoms with E-state index in [1.807, 2.05) is 0 Å². The summed E-state index contributed by atoms with van der Waals surface area (Å²) in [6, 6.07) is 0.699. The number of methoxy groups -OCH3 is 1. The Morgan fingerprint density at radius 1 is 1.22 bits per heavy atom. The topological polar surface area (TPSA) is 33.7 Å². The summed E-state index contributed by atoms with van der Waals surface area (Å²) in [6.07, 6.45) is 4.87. The highest BCUT2D eigenvalue weighted by atomic mass is 16.5. The molecule has 0 amide bonds. The fourth-order valence-electron chi connectivity index (χ4n) is 2.44. The SMILES string of the molecule is CCCN(CCOCCCOC)CC1CCCN1. The Kier molecular flexibility index (Phi) is 9.48. The van der Waals surface area contributed by atoms with Gasteiger partial charge in [-0.3, -0.25) is 4.90 Å². The highest BCUT2D eigenvalue weighted by molar-refractivity contribution is 4.77. The Morgan fingerprint density at radius 3 is 2.78 bits per heavy atom. The van der Waals surface area contributed by atoms with Crippen molar-refractivity contribution in [1.82, 2.24) is 10.2 Å². The third-order valence-corrected chi connectivity index (χ3v) is 3.37. The lowest BCUT2D eigenvalue weighted by Gasteiger charge is -2.25. The number of nitrogens with one attached hydrogen (secondary N) is 1. The van der Waals surface area contributed by atoms with Crippen molar-refractivity contribution in [3.63, 3.8) is 0 Å². The van der Waals surface area contributed by atoms with Crippen LogP contribution in [0.25, 0.3) is 0 Å². The van der Waals surface area contributed by atoms with Crippen LogP contribution in [0.4, 0.5) is 0 Å². The molecule has 1 aliphatic rings. The molecule has 0 aromatic heterocycles. The molecule has 0 spiro atoms. The molecule has 0 bridgehead atoms. The Balaban J connectivity index is 2.05. The van der Waals surface area contributed by atoms with Gasteiger partial charge in [-0.1, -0.05) is 6.92 Å². The zero-order valence-corrected chi connectivity index (χ0v) is 12.1. The van der Waals surface area contributed by atoms with Gasteiger partial charge in [0.15, 0.2) is 0 Å². The van der Waals surface area contributed by atoms with Gasteiger partial charge in [0.25, 0.3) is 0 Å². The van der Waals surface area contributed by atoms with Gasteiger partial charge in [0.05, 0.1) is 6.61 Å². The van der Waals surface area contributed by atoms with Crippen molar-refractivity contribution in [2.24, 2.45) is 0 Å². The maximum atomic E-state index is 5.63. The molecule has 1 N–H and O–H groups in total. The summed E-state index contributed by atoms with van der Waals surface area (Å²) in [7, 11) is 1.73. The van der Waals surface area contributed by atoms with Crippen LogP contribution in [0.1, 0.15) is 32.6 Å². The van der Waals surface area contributed by atoms with Gasteiger partial charge in [0.1, 0.15) is 0 Å². The van der Waals surface area contributed by atoms with Crippen LogP contribution in [-0.2, 0) is 9.47 Å². The number of nitrogens with zero attached hydrogens (tertiary/aromatic N) is 1. The molecule has 1 rings (SSSR count). The van der Waals surface area contributed by atoms with E-state index in [0.717, 1.165) is 32.8 Å². The summed E-state index contributed by atoms with van der Waals surface area (Å²) in [5.41, 5.74) is 0. The predicted molar refractivity (Wildman–Crippen MR) is 75.1 cm³/mol. The second-order valence-corrected chi connectivity index (χ2v) is 5.05. The predicted octanol–water partition coefficient (Wildman–Crippen LogP) is 1.50. The number of rotatable bonds is 11. The van der Waals surface area contributed by atoms with E-state index in [9.17, 15) is 0 Å². The highest BCUT2D eigenvalue weighted by Crippen LogP contribution is 2.07. The van der Waals surface area contributed by atoms with E-state index in [0.29, 0.717) is 6.04 Å². The number of hydrogen-bond donors (Lipinski definition) is 1. The van der Waals surface area contributed by atoms with Crippen LogP contribution < -0.4 is 5.32 Å². The average Bonchev–Trinajstić information content (AvgIpc) is 2.86. The van der Waals surface area contributed by atoms with Crippen molar-refractivity contribution in [2.75, 3.05) is 53.1 Å². The molecule has 108 valence electrons. The molecule has 4 heteroatoms. The first-order valence-electron chi connectivity index (χ1n) is 7.39. The van der Waals surface area contributed by atoms with Gasteiger partial charge >= 0.3 is 0 Å². The first kappa shape index (κ1) is 15.9. The second kappa shape index (κ2) is 10.7. The van der Waals surface area contributed by atoms with Crippen molar-refractivity contribution in [2.45, 2.75) is 38.6 Å². The Hall–Kier alpha value is -0.160. The van der Waals surface area contributed by atoms with Gasteiger partial charge in [0, 0.05) is 39.5 Å². The lowest BCUT2D eigenvalue weighted by molar-refractivity contribution is 0.0817. The number of hydrogen-bond acceptors (Lipinski definition) is 4. The van der Waals surface area contributed by atoms with Crippen molar-refractivity contribution < 1.29 is 9.47 Å². The Morgan fingerprint density at radius 2 is 2.11 bits per heavy atom. The van der Waals surface area contributed by atoms with E-state index in [1.165, 1.54) is 38.9 Å². The zero-order chi connectivity index (χ0) is 13.1. The molecule has 0 radical (unpaired) electrons. The molecule has 4 nitrogen and oxygen atoms in total. The average molecular weight is 258 g/mol. The highest BCUT2D eigenvalue weighted by Gasteiger charge is 2.17. The minimum absolute atomic E-state index is 0.699. The van der Waals surface area contributed by atoms with Crippen LogP contribution in [0.2, 0.25) is 0 Å². The zero-order valence-electron chi connectivity index (χ0n) is 12.1. The van der Waals surface area contributed by atoms with E-state index >= 15 is 0 Å². The van der Waals surface area contributed by atoms with Crippen LogP contribution in [0.15, 0.2) is 0 Å².